The third-order valence-electron chi connectivity index (χ3n) is 3.20. The summed E-state index contributed by atoms with van der Waals surface area (Å²) in [4.78, 5) is 11.1. The number of anilines is 2. The number of carbonyl (C=O) groups excluding carboxylic acids is 1. The van der Waals surface area contributed by atoms with Crippen molar-refractivity contribution in [2.24, 2.45) is 11.8 Å². The molecule has 4 heteroatoms. The number of rotatable bonds is 7. The topological polar surface area (TPSA) is 50.4 Å². The van der Waals surface area contributed by atoms with Gasteiger partial charge in [-0.25, -0.2) is 4.79 Å². The molecule has 0 atom stereocenters. The van der Waals surface area contributed by atoms with Crippen LogP contribution in [0.1, 0.15) is 40.5 Å². The zero-order chi connectivity index (χ0) is 15.8. The summed E-state index contributed by atoms with van der Waals surface area (Å²) in [6, 6.07) is 8.20. The van der Waals surface area contributed by atoms with Gasteiger partial charge in [0.1, 0.15) is 0 Å². The molecular weight excluding hydrogens is 264 g/mol. The molecular formula is C17H28N2O2. The van der Waals surface area contributed by atoms with Gasteiger partial charge < -0.3 is 10.1 Å². The largest absolute Gasteiger partial charge is 0.453 e. The molecule has 0 spiro atoms. The average Bonchev–Trinajstić information content (AvgIpc) is 2.39. The molecule has 1 amide bonds. The van der Waals surface area contributed by atoms with Crippen LogP contribution in [0, 0.1) is 11.8 Å². The number of ether oxygens (including phenoxy) is 1. The van der Waals surface area contributed by atoms with Gasteiger partial charge in [-0.3, -0.25) is 5.32 Å². The van der Waals surface area contributed by atoms with E-state index in [9.17, 15) is 4.79 Å². The minimum atomic E-state index is -0.451. The van der Waals surface area contributed by atoms with Crippen LogP contribution >= 0.6 is 0 Å². The molecule has 0 saturated carbocycles. The van der Waals surface area contributed by atoms with E-state index in [4.69, 9.17) is 0 Å². The van der Waals surface area contributed by atoms with Gasteiger partial charge in [0.2, 0.25) is 0 Å². The van der Waals surface area contributed by atoms with Crippen molar-refractivity contribution in [3.05, 3.63) is 24.3 Å². The van der Waals surface area contributed by atoms with E-state index in [1.807, 2.05) is 24.3 Å². The summed E-state index contributed by atoms with van der Waals surface area (Å²) in [6.07, 6.45) is 1.86. The first kappa shape index (κ1) is 17.3. The van der Waals surface area contributed by atoms with Gasteiger partial charge in [-0.05, 0) is 48.9 Å². The zero-order valence-corrected chi connectivity index (χ0v) is 13.8. The van der Waals surface area contributed by atoms with Crippen LogP contribution in [0.2, 0.25) is 0 Å². The molecule has 1 aromatic rings. The van der Waals surface area contributed by atoms with E-state index >= 15 is 0 Å². The van der Waals surface area contributed by atoms with Crippen molar-refractivity contribution in [2.75, 3.05) is 17.7 Å². The van der Waals surface area contributed by atoms with Gasteiger partial charge in [0, 0.05) is 17.4 Å². The second-order valence-electron chi connectivity index (χ2n) is 6.29. The van der Waals surface area contributed by atoms with Crippen molar-refractivity contribution >= 4 is 17.5 Å². The molecule has 21 heavy (non-hydrogen) atoms. The van der Waals surface area contributed by atoms with Gasteiger partial charge in [-0.15, -0.1) is 0 Å². The molecule has 1 rings (SSSR count). The Kier molecular flexibility index (Phi) is 7.06. The predicted octanol–water partition coefficient (Wildman–Crippen LogP) is 4.74. The number of amides is 1. The van der Waals surface area contributed by atoms with Gasteiger partial charge in [0.15, 0.2) is 0 Å². The number of benzene rings is 1. The Morgan fingerprint density at radius 3 is 1.90 bits per heavy atom. The number of hydrogen-bond acceptors (Lipinski definition) is 3. The second kappa shape index (κ2) is 8.55. The Balaban J connectivity index is 2.64. The van der Waals surface area contributed by atoms with Crippen molar-refractivity contribution in [3.63, 3.8) is 0 Å². The normalized spacial score (nSPS) is 11.0. The van der Waals surface area contributed by atoms with Crippen LogP contribution < -0.4 is 10.6 Å². The SMILES string of the molecule is COC(=O)Nc1ccc(NC(CC(C)C)CC(C)C)cc1. The summed E-state index contributed by atoms with van der Waals surface area (Å²) in [5.74, 6) is 1.34. The maximum absolute atomic E-state index is 11.1. The first-order valence-electron chi connectivity index (χ1n) is 7.62. The highest BCUT2D eigenvalue weighted by atomic mass is 16.5. The maximum atomic E-state index is 11.1. The van der Waals surface area contributed by atoms with Gasteiger partial charge >= 0.3 is 6.09 Å². The fourth-order valence-electron chi connectivity index (χ4n) is 2.41. The van der Waals surface area contributed by atoms with Crippen molar-refractivity contribution < 1.29 is 9.53 Å². The smallest absolute Gasteiger partial charge is 0.411 e. The highest BCUT2D eigenvalue weighted by molar-refractivity contribution is 5.84. The lowest BCUT2D eigenvalue weighted by Gasteiger charge is -2.23. The van der Waals surface area contributed by atoms with E-state index in [2.05, 4.69) is 43.1 Å². The van der Waals surface area contributed by atoms with Crippen LogP contribution in [0.25, 0.3) is 0 Å². The molecule has 0 aliphatic rings. The van der Waals surface area contributed by atoms with Crippen LogP contribution in [0.15, 0.2) is 24.3 Å². The van der Waals surface area contributed by atoms with E-state index in [1.165, 1.54) is 7.11 Å². The summed E-state index contributed by atoms with van der Waals surface area (Å²) >= 11 is 0. The van der Waals surface area contributed by atoms with E-state index in [-0.39, 0.29) is 0 Å². The van der Waals surface area contributed by atoms with Crippen molar-refractivity contribution in [1.82, 2.24) is 0 Å². The van der Waals surface area contributed by atoms with E-state index in [1.54, 1.807) is 0 Å². The summed E-state index contributed by atoms with van der Waals surface area (Å²) in [6.45, 7) is 8.99. The Morgan fingerprint density at radius 2 is 1.48 bits per heavy atom. The van der Waals surface area contributed by atoms with E-state index < -0.39 is 6.09 Å². The van der Waals surface area contributed by atoms with Crippen molar-refractivity contribution in [1.29, 1.82) is 0 Å². The minimum Gasteiger partial charge on any atom is -0.453 e. The predicted molar refractivity (Wildman–Crippen MR) is 88.8 cm³/mol. The van der Waals surface area contributed by atoms with Gasteiger partial charge in [0.25, 0.3) is 0 Å². The van der Waals surface area contributed by atoms with Crippen LogP contribution in [-0.4, -0.2) is 19.2 Å². The molecule has 0 radical (unpaired) electrons. The zero-order valence-electron chi connectivity index (χ0n) is 13.8. The summed E-state index contributed by atoms with van der Waals surface area (Å²) in [7, 11) is 1.35. The molecule has 0 bridgehead atoms. The number of hydrogen-bond donors (Lipinski definition) is 2. The lowest BCUT2D eigenvalue weighted by atomic mass is 9.95. The number of nitrogens with one attached hydrogen (secondary N) is 2. The van der Waals surface area contributed by atoms with E-state index in [0.717, 1.165) is 24.2 Å². The maximum Gasteiger partial charge on any atom is 0.411 e. The molecule has 0 unspecified atom stereocenters. The lowest BCUT2D eigenvalue weighted by Crippen LogP contribution is -2.23. The molecule has 0 aliphatic carbocycles. The number of methoxy groups -OCH3 is 1. The average molecular weight is 292 g/mol. The highest BCUT2D eigenvalue weighted by Crippen LogP contribution is 2.20. The summed E-state index contributed by atoms with van der Waals surface area (Å²) in [5.41, 5.74) is 1.81. The van der Waals surface area contributed by atoms with Gasteiger partial charge in [-0.2, -0.15) is 0 Å². The molecule has 0 fully saturated rings. The third-order valence-corrected chi connectivity index (χ3v) is 3.20. The third kappa shape index (κ3) is 7.02. The van der Waals surface area contributed by atoms with Crippen LogP contribution in [0.4, 0.5) is 16.2 Å². The fourth-order valence-corrected chi connectivity index (χ4v) is 2.41. The van der Waals surface area contributed by atoms with Crippen LogP contribution in [0.3, 0.4) is 0 Å². The van der Waals surface area contributed by atoms with Gasteiger partial charge in [0.05, 0.1) is 7.11 Å². The first-order chi connectivity index (χ1) is 9.90. The monoisotopic (exact) mass is 292 g/mol. The fraction of sp³-hybridized carbons (Fsp3) is 0.588. The Hall–Kier alpha value is -1.71. The standard InChI is InChI=1S/C17H28N2O2/c1-12(2)10-16(11-13(3)4)18-14-6-8-15(9-7-14)19-17(20)21-5/h6-9,12-13,16,18H,10-11H2,1-5H3,(H,19,20). The summed E-state index contributed by atoms with van der Waals surface area (Å²) in [5, 5.41) is 6.24. The summed E-state index contributed by atoms with van der Waals surface area (Å²) < 4.78 is 4.57. The molecule has 0 heterocycles. The lowest BCUT2D eigenvalue weighted by molar-refractivity contribution is 0.187. The van der Waals surface area contributed by atoms with Crippen LogP contribution in [-0.2, 0) is 4.74 Å². The van der Waals surface area contributed by atoms with Crippen molar-refractivity contribution in [3.8, 4) is 0 Å². The van der Waals surface area contributed by atoms with E-state index in [0.29, 0.717) is 17.9 Å². The van der Waals surface area contributed by atoms with Crippen molar-refractivity contribution in [2.45, 2.75) is 46.6 Å². The molecule has 2 N–H and O–H groups in total. The minimum absolute atomic E-state index is 0.451. The molecule has 0 saturated heterocycles. The quantitative estimate of drug-likeness (QED) is 0.763. The Bertz CT molecular complexity index is 417. The van der Waals surface area contributed by atoms with Gasteiger partial charge in [-0.1, -0.05) is 27.7 Å². The molecule has 4 nitrogen and oxygen atoms in total. The molecule has 0 aliphatic heterocycles. The molecule has 1 aromatic carbocycles. The Labute approximate surface area is 128 Å². The molecule has 0 aromatic heterocycles. The molecule has 118 valence electrons. The number of carbonyl (C=O) groups is 1. The highest BCUT2D eigenvalue weighted by Gasteiger charge is 2.12. The second-order valence-corrected chi connectivity index (χ2v) is 6.29. The van der Waals surface area contributed by atoms with Crippen LogP contribution in [0.5, 0.6) is 0 Å². The Morgan fingerprint density at radius 1 is 1.00 bits per heavy atom. The first-order valence-corrected chi connectivity index (χ1v) is 7.62.